The number of nitrogens with zero attached hydrogens (tertiary/aromatic N) is 3. The molecular weight excluding hydrogens is 401 g/mol. The van der Waals surface area contributed by atoms with Crippen LogP contribution in [0.3, 0.4) is 0 Å². The van der Waals surface area contributed by atoms with Crippen LogP contribution < -0.4 is 0 Å². The second-order valence-electron chi connectivity index (χ2n) is 8.01. The molecule has 6 heteroatoms. The highest BCUT2D eigenvalue weighted by Crippen LogP contribution is 2.40. The summed E-state index contributed by atoms with van der Waals surface area (Å²) in [5.41, 5.74) is 4.76. The maximum atomic E-state index is 13.2. The molecule has 1 saturated carbocycles. The van der Waals surface area contributed by atoms with Gasteiger partial charge in [0.1, 0.15) is 11.6 Å². The van der Waals surface area contributed by atoms with Gasteiger partial charge in [-0.25, -0.2) is 14.4 Å². The van der Waals surface area contributed by atoms with Crippen LogP contribution in [0.1, 0.15) is 41.4 Å². The van der Waals surface area contributed by atoms with E-state index in [1.807, 2.05) is 29.2 Å². The van der Waals surface area contributed by atoms with Gasteiger partial charge in [0, 0.05) is 41.6 Å². The molecule has 0 saturated heterocycles. The molecule has 0 bridgehead atoms. The molecular formula is C24H21ClFN3O. The van der Waals surface area contributed by atoms with Crippen LogP contribution in [-0.4, -0.2) is 27.3 Å². The van der Waals surface area contributed by atoms with Crippen molar-refractivity contribution >= 4 is 17.5 Å². The zero-order chi connectivity index (χ0) is 20.7. The topological polar surface area (TPSA) is 46.1 Å². The van der Waals surface area contributed by atoms with Gasteiger partial charge < -0.3 is 4.90 Å². The molecule has 2 heterocycles. The molecule has 0 spiro atoms. The molecule has 3 aromatic rings. The van der Waals surface area contributed by atoms with Crippen LogP contribution in [0, 0.1) is 5.82 Å². The van der Waals surface area contributed by atoms with E-state index in [-0.39, 0.29) is 18.1 Å². The average Bonchev–Trinajstić information content (AvgIpc) is 3.60. The molecule has 30 heavy (non-hydrogen) atoms. The Bertz CT molecular complexity index is 1090. The lowest BCUT2D eigenvalue weighted by atomic mass is 9.98. The van der Waals surface area contributed by atoms with Crippen LogP contribution in [0.2, 0.25) is 5.02 Å². The van der Waals surface area contributed by atoms with Crippen LogP contribution in [0.4, 0.5) is 4.39 Å². The highest BCUT2D eigenvalue weighted by molar-refractivity contribution is 6.30. The molecule has 0 atom stereocenters. The third-order valence-electron chi connectivity index (χ3n) is 5.76. The standard InChI is InChI=1S/C24H21ClFN3O/c25-18-7-5-16(6-8-18)23-20-14-29(22(30)13-15-1-9-19(26)10-2-15)12-11-21(20)27-24(28-23)17-3-4-17/h1-2,5-10,17H,3-4,11-14H2. The Kier molecular flexibility index (Phi) is 4.99. The number of fused-ring (bicyclic) bond motifs is 1. The largest absolute Gasteiger partial charge is 0.338 e. The van der Waals surface area contributed by atoms with E-state index in [0.29, 0.717) is 30.5 Å². The fourth-order valence-electron chi connectivity index (χ4n) is 3.91. The smallest absolute Gasteiger partial charge is 0.227 e. The maximum Gasteiger partial charge on any atom is 0.227 e. The summed E-state index contributed by atoms with van der Waals surface area (Å²) in [7, 11) is 0. The third kappa shape index (κ3) is 3.94. The van der Waals surface area contributed by atoms with E-state index < -0.39 is 0 Å². The lowest BCUT2D eigenvalue weighted by molar-refractivity contribution is -0.131. The fraction of sp³-hybridized carbons (Fsp3) is 0.292. The minimum Gasteiger partial charge on any atom is -0.338 e. The Balaban J connectivity index is 1.45. The van der Waals surface area contributed by atoms with Gasteiger partial charge in [0.25, 0.3) is 0 Å². The molecule has 0 unspecified atom stereocenters. The van der Waals surface area contributed by atoms with Crippen molar-refractivity contribution < 1.29 is 9.18 Å². The highest BCUT2D eigenvalue weighted by Gasteiger charge is 2.31. The van der Waals surface area contributed by atoms with Crippen LogP contribution >= 0.6 is 11.6 Å². The molecule has 1 aliphatic heterocycles. The monoisotopic (exact) mass is 421 g/mol. The van der Waals surface area contributed by atoms with Crippen molar-refractivity contribution in [1.82, 2.24) is 14.9 Å². The van der Waals surface area contributed by atoms with E-state index in [0.717, 1.165) is 46.7 Å². The minimum atomic E-state index is -0.297. The molecule has 4 nitrogen and oxygen atoms in total. The van der Waals surface area contributed by atoms with Gasteiger partial charge in [0.05, 0.1) is 17.8 Å². The SMILES string of the molecule is O=C(Cc1ccc(F)cc1)N1CCc2nc(C3CC3)nc(-c3ccc(Cl)cc3)c2C1. The summed E-state index contributed by atoms with van der Waals surface area (Å²) in [5.74, 6) is 1.11. The normalized spacial score (nSPS) is 15.7. The van der Waals surface area contributed by atoms with E-state index in [4.69, 9.17) is 21.6 Å². The number of hydrogen-bond acceptors (Lipinski definition) is 3. The summed E-state index contributed by atoms with van der Waals surface area (Å²) in [6.07, 6.45) is 3.25. The Hall–Kier alpha value is -2.79. The third-order valence-corrected chi connectivity index (χ3v) is 6.01. The van der Waals surface area contributed by atoms with Crippen molar-refractivity contribution in [3.63, 3.8) is 0 Å². The van der Waals surface area contributed by atoms with Crippen LogP contribution in [0.15, 0.2) is 48.5 Å². The number of amides is 1. The predicted octanol–water partition coefficient (Wildman–Crippen LogP) is 4.94. The van der Waals surface area contributed by atoms with Gasteiger partial charge in [-0.1, -0.05) is 35.9 Å². The van der Waals surface area contributed by atoms with Crippen molar-refractivity contribution in [3.8, 4) is 11.3 Å². The van der Waals surface area contributed by atoms with Gasteiger partial charge >= 0.3 is 0 Å². The fourth-order valence-corrected chi connectivity index (χ4v) is 4.03. The first-order chi connectivity index (χ1) is 14.6. The van der Waals surface area contributed by atoms with Gasteiger partial charge in [-0.3, -0.25) is 4.79 Å². The number of aromatic nitrogens is 2. The van der Waals surface area contributed by atoms with E-state index in [2.05, 4.69) is 0 Å². The number of carbonyl (C=O) groups is 1. The molecule has 1 aromatic heterocycles. The van der Waals surface area contributed by atoms with Gasteiger partial charge in [-0.2, -0.15) is 0 Å². The van der Waals surface area contributed by atoms with Crippen molar-refractivity contribution in [1.29, 1.82) is 0 Å². The molecule has 1 aliphatic carbocycles. The molecule has 2 aromatic carbocycles. The molecule has 1 amide bonds. The second kappa shape index (κ2) is 7.80. The number of rotatable bonds is 4. The zero-order valence-corrected chi connectivity index (χ0v) is 17.2. The van der Waals surface area contributed by atoms with Gasteiger partial charge in [0.2, 0.25) is 5.91 Å². The number of halogens is 2. The Morgan fingerprint density at radius 2 is 1.80 bits per heavy atom. The Morgan fingerprint density at radius 1 is 1.07 bits per heavy atom. The van der Waals surface area contributed by atoms with Gasteiger partial charge in [0.15, 0.2) is 0 Å². The summed E-state index contributed by atoms with van der Waals surface area (Å²) in [6, 6.07) is 13.8. The first-order valence-electron chi connectivity index (χ1n) is 10.2. The average molecular weight is 422 g/mol. The van der Waals surface area contributed by atoms with E-state index in [9.17, 15) is 9.18 Å². The first kappa shape index (κ1) is 19.2. The lowest BCUT2D eigenvalue weighted by Gasteiger charge is -2.30. The second-order valence-corrected chi connectivity index (χ2v) is 8.44. The van der Waals surface area contributed by atoms with E-state index in [1.54, 1.807) is 12.1 Å². The maximum absolute atomic E-state index is 13.2. The summed E-state index contributed by atoms with van der Waals surface area (Å²) >= 11 is 6.08. The quantitative estimate of drug-likeness (QED) is 0.599. The van der Waals surface area contributed by atoms with Crippen molar-refractivity contribution in [2.24, 2.45) is 0 Å². The summed E-state index contributed by atoms with van der Waals surface area (Å²) in [5, 5.41) is 0.681. The Morgan fingerprint density at radius 3 is 2.50 bits per heavy atom. The van der Waals surface area contributed by atoms with Crippen LogP contribution in [-0.2, 0) is 24.2 Å². The lowest BCUT2D eigenvalue weighted by Crippen LogP contribution is -2.38. The molecule has 0 N–H and O–H groups in total. The van der Waals surface area contributed by atoms with Crippen molar-refractivity contribution in [2.45, 2.75) is 38.1 Å². The van der Waals surface area contributed by atoms with E-state index >= 15 is 0 Å². The minimum absolute atomic E-state index is 0.0283. The number of hydrogen-bond donors (Lipinski definition) is 0. The van der Waals surface area contributed by atoms with Crippen LogP contribution in [0.25, 0.3) is 11.3 Å². The molecule has 1 fully saturated rings. The first-order valence-corrected chi connectivity index (χ1v) is 10.6. The summed E-state index contributed by atoms with van der Waals surface area (Å²) in [6.45, 7) is 1.12. The number of benzene rings is 2. The summed E-state index contributed by atoms with van der Waals surface area (Å²) < 4.78 is 13.2. The zero-order valence-electron chi connectivity index (χ0n) is 16.4. The van der Waals surface area contributed by atoms with Gasteiger partial charge in [-0.05, 0) is 42.7 Å². The highest BCUT2D eigenvalue weighted by atomic mass is 35.5. The summed E-state index contributed by atoms with van der Waals surface area (Å²) in [4.78, 5) is 24.5. The number of carbonyl (C=O) groups excluding carboxylic acids is 1. The van der Waals surface area contributed by atoms with Crippen LogP contribution in [0.5, 0.6) is 0 Å². The molecule has 2 aliphatic rings. The van der Waals surface area contributed by atoms with Crippen molar-refractivity contribution in [3.05, 3.63) is 82.0 Å². The van der Waals surface area contributed by atoms with E-state index in [1.165, 1.54) is 12.1 Å². The van der Waals surface area contributed by atoms with Gasteiger partial charge in [-0.15, -0.1) is 0 Å². The Labute approximate surface area is 179 Å². The predicted molar refractivity (Wildman–Crippen MR) is 114 cm³/mol. The van der Waals surface area contributed by atoms with Crippen molar-refractivity contribution in [2.75, 3.05) is 6.54 Å². The molecule has 5 rings (SSSR count). The molecule has 0 radical (unpaired) electrons. The molecule has 152 valence electrons.